The summed E-state index contributed by atoms with van der Waals surface area (Å²) in [6, 6.07) is 0. The van der Waals surface area contributed by atoms with Crippen LogP contribution in [0.3, 0.4) is 0 Å². The molecule has 4 nitrogen and oxygen atoms in total. The second-order valence-electron chi connectivity index (χ2n) is 2.93. The van der Waals surface area contributed by atoms with Crippen molar-refractivity contribution in [2.24, 2.45) is 0 Å². The quantitative estimate of drug-likeness (QED) is 0.728. The molecule has 0 spiro atoms. The van der Waals surface area contributed by atoms with Crippen LogP contribution in [-0.2, 0) is 14.4 Å². The average Bonchev–Trinajstić information content (AvgIpc) is 2.00. The fourth-order valence-electron chi connectivity index (χ4n) is 0.932. The van der Waals surface area contributed by atoms with Crippen LogP contribution in [0.15, 0.2) is 0 Å². The molecular formula is C9H14O4S2. The minimum Gasteiger partial charge on any atom is -0.481 e. The van der Waals surface area contributed by atoms with Gasteiger partial charge in [0.05, 0.1) is 4.58 Å². The minimum atomic E-state index is -0.852. The molecule has 0 saturated heterocycles. The Labute approximate surface area is 97.2 Å². The predicted molar refractivity (Wildman–Crippen MR) is 61.8 cm³/mol. The number of carboxylic acids is 1. The van der Waals surface area contributed by atoms with Gasteiger partial charge in [0.25, 0.3) is 0 Å². The Morgan fingerprint density at radius 3 is 1.93 bits per heavy atom. The van der Waals surface area contributed by atoms with Crippen molar-refractivity contribution in [3.8, 4) is 0 Å². The summed E-state index contributed by atoms with van der Waals surface area (Å²) < 4.78 is -0.153. The third-order valence-corrected chi connectivity index (χ3v) is 3.66. The lowest BCUT2D eigenvalue weighted by molar-refractivity contribution is -0.137. The van der Waals surface area contributed by atoms with Gasteiger partial charge in [-0.15, -0.1) is 0 Å². The molecule has 86 valence electrons. The summed E-state index contributed by atoms with van der Waals surface area (Å²) in [5, 5.41) is 8.34. The van der Waals surface area contributed by atoms with E-state index in [0.717, 1.165) is 23.5 Å². The first-order valence-corrected chi connectivity index (χ1v) is 6.24. The summed E-state index contributed by atoms with van der Waals surface area (Å²) >= 11 is 2.18. The van der Waals surface area contributed by atoms with Gasteiger partial charge < -0.3 is 5.11 Å². The zero-order valence-electron chi connectivity index (χ0n) is 8.69. The minimum absolute atomic E-state index is 0.0518. The molecule has 6 heteroatoms. The maximum absolute atomic E-state index is 10.9. The smallest absolute Gasteiger partial charge is 0.303 e. The van der Waals surface area contributed by atoms with Gasteiger partial charge in [0, 0.05) is 20.3 Å². The lowest BCUT2D eigenvalue weighted by atomic mass is 10.2. The van der Waals surface area contributed by atoms with E-state index in [4.69, 9.17) is 5.11 Å². The molecule has 1 N–H and O–H groups in total. The summed E-state index contributed by atoms with van der Waals surface area (Å²) in [4.78, 5) is 32.0. The van der Waals surface area contributed by atoms with Crippen molar-refractivity contribution in [2.45, 2.75) is 37.7 Å². The molecule has 0 fully saturated rings. The standard InChI is InChI=1S/C9H14O4S2/c1-6(10)14-9(15-7(2)11)5-3-4-8(12)13/h9H,3-5H2,1-2H3,(H,12,13). The van der Waals surface area contributed by atoms with Crippen molar-refractivity contribution < 1.29 is 19.5 Å². The summed E-state index contributed by atoms with van der Waals surface area (Å²) in [6.45, 7) is 2.88. The zero-order chi connectivity index (χ0) is 11.8. The molecule has 0 aromatic rings. The van der Waals surface area contributed by atoms with Gasteiger partial charge in [0.2, 0.25) is 0 Å². The van der Waals surface area contributed by atoms with E-state index in [1.165, 1.54) is 13.8 Å². The molecule has 0 aromatic heterocycles. The highest BCUT2D eigenvalue weighted by Gasteiger charge is 2.15. The summed E-state index contributed by atoms with van der Waals surface area (Å²) in [5.74, 6) is -0.852. The van der Waals surface area contributed by atoms with Gasteiger partial charge in [-0.25, -0.2) is 0 Å². The first-order chi connectivity index (χ1) is 6.91. The second kappa shape index (κ2) is 7.76. The molecule has 0 aliphatic heterocycles. The Bertz CT molecular complexity index is 236. The molecule has 0 atom stereocenters. The molecule has 0 aliphatic carbocycles. The first kappa shape index (κ1) is 14.5. The molecule has 0 aliphatic rings. The number of hydrogen-bond acceptors (Lipinski definition) is 5. The van der Waals surface area contributed by atoms with Crippen molar-refractivity contribution in [2.75, 3.05) is 0 Å². The van der Waals surface area contributed by atoms with Crippen LogP contribution in [0.1, 0.15) is 33.1 Å². The van der Waals surface area contributed by atoms with Gasteiger partial charge in [0.1, 0.15) is 0 Å². The molecule has 0 rings (SSSR count). The van der Waals surface area contributed by atoms with E-state index in [1.807, 2.05) is 0 Å². The number of thioether (sulfide) groups is 2. The molecule has 0 heterocycles. The zero-order valence-corrected chi connectivity index (χ0v) is 10.3. The Morgan fingerprint density at radius 2 is 1.60 bits per heavy atom. The highest BCUT2D eigenvalue weighted by molar-refractivity contribution is 8.29. The number of rotatable bonds is 6. The molecular weight excluding hydrogens is 236 g/mol. The molecule has 0 bridgehead atoms. The number of aliphatic carboxylic acids is 1. The highest BCUT2D eigenvalue weighted by atomic mass is 32.2. The van der Waals surface area contributed by atoms with Crippen molar-refractivity contribution >= 4 is 39.7 Å². The van der Waals surface area contributed by atoms with Crippen LogP contribution in [0, 0.1) is 0 Å². The molecule has 0 unspecified atom stereocenters. The van der Waals surface area contributed by atoms with Crippen LogP contribution in [0.25, 0.3) is 0 Å². The Balaban J connectivity index is 3.94. The highest BCUT2D eigenvalue weighted by Crippen LogP contribution is 2.29. The lowest BCUT2D eigenvalue weighted by Crippen LogP contribution is -2.05. The molecule has 15 heavy (non-hydrogen) atoms. The average molecular weight is 250 g/mol. The van der Waals surface area contributed by atoms with Gasteiger partial charge in [-0.3, -0.25) is 14.4 Å². The predicted octanol–water partition coefficient (Wildman–Crippen LogP) is 2.13. The van der Waals surface area contributed by atoms with Gasteiger partial charge in [-0.05, 0) is 12.8 Å². The second-order valence-corrected chi connectivity index (χ2v) is 5.99. The normalized spacial score (nSPS) is 10.3. The van der Waals surface area contributed by atoms with E-state index in [0.29, 0.717) is 12.8 Å². The monoisotopic (exact) mass is 250 g/mol. The van der Waals surface area contributed by atoms with Crippen LogP contribution in [0.5, 0.6) is 0 Å². The van der Waals surface area contributed by atoms with E-state index < -0.39 is 5.97 Å². The fraction of sp³-hybridized carbons (Fsp3) is 0.667. The molecule has 0 radical (unpaired) electrons. The van der Waals surface area contributed by atoms with Crippen molar-refractivity contribution in [3.63, 3.8) is 0 Å². The van der Waals surface area contributed by atoms with Crippen LogP contribution >= 0.6 is 23.5 Å². The van der Waals surface area contributed by atoms with Crippen molar-refractivity contribution in [3.05, 3.63) is 0 Å². The molecule has 0 saturated carbocycles. The van der Waals surface area contributed by atoms with E-state index in [2.05, 4.69) is 0 Å². The van der Waals surface area contributed by atoms with E-state index in [-0.39, 0.29) is 21.2 Å². The fourth-order valence-corrected chi connectivity index (χ4v) is 3.25. The van der Waals surface area contributed by atoms with Crippen LogP contribution < -0.4 is 0 Å². The third-order valence-electron chi connectivity index (χ3n) is 1.43. The van der Waals surface area contributed by atoms with Crippen molar-refractivity contribution in [1.29, 1.82) is 0 Å². The lowest BCUT2D eigenvalue weighted by Gasteiger charge is -2.11. The number of hydrogen-bond donors (Lipinski definition) is 1. The van der Waals surface area contributed by atoms with Gasteiger partial charge in [-0.1, -0.05) is 23.5 Å². The van der Waals surface area contributed by atoms with E-state index >= 15 is 0 Å². The Hall–Kier alpha value is -0.490. The first-order valence-electron chi connectivity index (χ1n) is 4.48. The molecule has 0 amide bonds. The number of carbonyl (C=O) groups is 3. The van der Waals surface area contributed by atoms with Gasteiger partial charge >= 0.3 is 5.97 Å². The van der Waals surface area contributed by atoms with E-state index in [9.17, 15) is 14.4 Å². The number of carbonyl (C=O) groups excluding carboxylic acids is 2. The van der Waals surface area contributed by atoms with E-state index in [1.54, 1.807) is 0 Å². The molecule has 0 aromatic carbocycles. The Kier molecular flexibility index (Phi) is 7.50. The summed E-state index contributed by atoms with van der Waals surface area (Å²) in [7, 11) is 0. The van der Waals surface area contributed by atoms with Crippen LogP contribution in [-0.4, -0.2) is 25.9 Å². The number of carboxylic acid groups (broad SMARTS) is 1. The maximum atomic E-state index is 10.9. The Morgan fingerprint density at radius 1 is 1.13 bits per heavy atom. The third kappa shape index (κ3) is 9.81. The largest absolute Gasteiger partial charge is 0.481 e. The summed E-state index contributed by atoms with van der Waals surface area (Å²) in [5.41, 5.74) is 0. The SMILES string of the molecule is CC(=O)SC(CCCC(=O)O)SC(C)=O. The van der Waals surface area contributed by atoms with Crippen LogP contribution in [0.2, 0.25) is 0 Å². The summed E-state index contributed by atoms with van der Waals surface area (Å²) in [6.07, 6.45) is 1.12. The van der Waals surface area contributed by atoms with Gasteiger partial charge in [-0.2, -0.15) is 0 Å². The van der Waals surface area contributed by atoms with Crippen molar-refractivity contribution in [1.82, 2.24) is 0 Å². The topological polar surface area (TPSA) is 71.4 Å². The van der Waals surface area contributed by atoms with Gasteiger partial charge in [0.15, 0.2) is 10.2 Å². The maximum Gasteiger partial charge on any atom is 0.303 e. The van der Waals surface area contributed by atoms with Crippen LogP contribution in [0.4, 0.5) is 0 Å².